The van der Waals surface area contributed by atoms with Crippen LogP contribution in [0.25, 0.3) is 0 Å². The monoisotopic (exact) mass is 196 g/mol. The molecular weight excluding hydrogens is 184 g/mol. The van der Waals surface area contributed by atoms with Crippen LogP contribution in [-0.2, 0) is 9.62 Å². The van der Waals surface area contributed by atoms with Crippen LogP contribution in [0, 0.1) is 0 Å². The van der Waals surface area contributed by atoms with Crippen molar-refractivity contribution < 1.29 is 19.7 Å². The predicted octanol–water partition coefficient (Wildman–Crippen LogP) is 1.72. The molecule has 4 nitrogen and oxygen atoms in total. The molecule has 1 atom stereocenters. The first-order valence-corrected chi connectivity index (χ1v) is 4.11. The zero-order valence-corrected chi connectivity index (χ0v) is 8.06. The summed E-state index contributed by atoms with van der Waals surface area (Å²) in [6.07, 6.45) is 0. The topological polar surface area (TPSA) is 55.8 Å². The molecule has 0 aliphatic heterocycles. The van der Waals surface area contributed by atoms with Gasteiger partial charge in [-0.3, -0.25) is 4.79 Å². The van der Waals surface area contributed by atoms with E-state index in [9.17, 15) is 4.79 Å². The normalized spacial score (nSPS) is 14.8. The number of benzene rings is 1. The minimum absolute atomic E-state index is 0.422. The second kappa shape index (κ2) is 4.32. The van der Waals surface area contributed by atoms with E-state index in [1.54, 1.807) is 30.3 Å². The number of hydrogen-bond acceptors (Lipinski definition) is 4. The van der Waals surface area contributed by atoms with Crippen molar-refractivity contribution in [3.63, 3.8) is 0 Å². The standard InChI is InChI=1S/C10H12O4/c1-10(13-2,14-12)9(11)8-6-4-3-5-7-8/h3-7,12H,1-2H3. The minimum atomic E-state index is -1.64. The third kappa shape index (κ3) is 1.98. The maximum atomic E-state index is 11.7. The van der Waals surface area contributed by atoms with Crippen LogP contribution < -0.4 is 0 Å². The molecule has 1 rings (SSSR count). The molecule has 0 aliphatic rings. The van der Waals surface area contributed by atoms with E-state index >= 15 is 0 Å². The Labute approximate surface area is 82.0 Å². The number of ketones is 1. The van der Waals surface area contributed by atoms with Crippen LogP contribution in [0.2, 0.25) is 0 Å². The van der Waals surface area contributed by atoms with Crippen molar-refractivity contribution in [3.05, 3.63) is 35.9 Å². The van der Waals surface area contributed by atoms with E-state index in [1.807, 2.05) is 0 Å². The minimum Gasteiger partial charge on any atom is -0.345 e. The van der Waals surface area contributed by atoms with E-state index in [0.717, 1.165) is 0 Å². The summed E-state index contributed by atoms with van der Waals surface area (Å²) in [4.78, 5) is 15.8. The van der Waals surface area contributed by atoms with Crippen molar-refractivity contribution >= 4 is 5.78 Å². The first kappa shape index (κ1) is 10.8. The van der Waals surface area contributed by atoms with Crippen LogP contribution in [0.4, 0.5) is 0 Å². The number of carbonyl (C=O) groups is 1. The number of hydrogen-bond donors (Lipinski definition) is 1. The second-order valence-corrected chi connectivity index (χ2v) is 2.94. The van der Waals surface area contributed by atoms with Crippen LogP contribution in [-0.4, -0.2) is 23.9 Å². The zero-order chi connectivity index (χ0) is 10.6. The van der Waals surface area contributed by atoms with Gasteiger partial charge < -0.3 is 4.74 Å². The molecule has 0 saturated carbocycles. The Morgan fingerprint density at radius 2 is 1.93 bits per heavy atom. The molecule has 0 heterocycles. The van der Waals surface area contributed by atoms with E-state index in [2.05, 4.69) is 4.89 Å². The van der Waals surface area contributed by atoms with E-state index in [-0.39, 0.29) is 0 Å². The van der Waals surface area contributed by atoms with Gasteiger partial charge in [0.15, 0.2) is 0 Å². The molecule has 0 radical (unpaired) electrons. The first-order chi connectivity index (χ1) is 6.64. The van der Waals surface area contributed by atoms with Crippen molar-refractivity contribution in [2.45, 2.75) is 12.7 Å². The van der Waals surface area contributed by atoms with Gasteiger partial charge in [0.25, 0.3) is 5.79 Å². The molecule has 0 fully saturated rings. The van der Waals surface area contributed by atoms with Crippen LogP contribution in [0.5, 0.6) is 0 Å². The number of Topliss-reactive ketones (excluding diaryl/α,β-unsaturated/α-hetero) is 1. The van der Waals surface area contributed by atoms with Crippen LogP contribution in [0.15, 0.2) is 30.3 Å². The fourth-order valence-corrected chi connectivity index (χ4v) is 1.02. The van der Waals surface area contributed by atoms with Crippen molar-refractivity contribution in [1.29, 1.82) is 0 Å². The van der Waals surface area contributed by atoms with E-state index < -0.39 is 11.6 Å². The Morgan fingerprint density at radius 1 is 1.36 bits per heavy atom. The Kier molecular flexibility index (Phi) is 3.35. The maximum Gasteiger partial charge on any atom is 0.262 e. The predicted molar refractivity (Wildman–Crippen MR) is 49.9 cm³/mol. The van der Waals surface area contributed by atoms with Crippen LogP contribution in [0.3, 0.4) is 0 Å². The molecular formula is C10H12O4. The molecule has 14 heavy (non-hydrogen) atoms. The zero-order valence-electron chi connectivity index (χ0n) is 8.06. The molecule has 1 N–H and O–H groups in total. The largest absolute Gasteiger partial charge is 0.345 e. The van der Waals surface area contributed by atoms with Gasteiger partial charge in [-0.15, -0.1) is 0 Å². The van der Waals surface area contributed by atoms with E-state index in [4.69, 9.17) is 9.99 Å². The summed E-state index contributed by atoms with van der Waals surface area (Å²) < 4.78 is 4.78. The van der Waals surface area contributed by atoms with Gasteiger partial charge in [-0.2, -0.15) is 4.89 Å². The summed E-state index contributed by atoms with van der Waals surface area (Å²) in [5.74, 6) is -2.07. The van der Waals surface area contributed by atoms with Crippen LogP contribution in [0.1, 0.15) is 17.3 Å². The maximum absolute atomic E-state index is 11.7. The average Bonchev–Trinajstić information content (AvgIpc) is 2.28. The highest BCUT2D eigenvalue weighted by Gasteiger charge is 2.35. The molecule has 0 bridgehead atoms. The molecule has 4 heteroatoms. The third-order valence-electron chi connectivity index (χ3n) is 2.01. The summed E-state index contributed by atoms with van der Waals surface area (Å²) in [5, 5.41) is 8.57. The smallest absolute Gasteiger partial charge is 0.262 e. The quantitative estimate of drug-likeness (QED) is 0.345. The average molecular weight is 196 g/mol. The summed E-state index contributed by atoms with van der Waals surface area (Å²) in [6.45, 7) is 1.35. The van der Waals surface area contributed by atoms with Gasteiger partial charge in [0.2, 0.25) is 5.78 Å². The van der Waals surface area contributed by atoms with Gasteiger partial charge in [0.05, 0.1) is 0 Å². The van der Waals surface area contributed by atoms with Crippen molar-refractivity contribution in [2.24, 2.45) is 0 Å². The van der Waals surface area contributed by atoms with Gasteiger partial charge in [-0.05, 0) is 0 Å². The molecule has 1 aromatic rings. The van der Waals surface area contributed by atoms with E-state index in [1.165, 1.54) is 14.0 Å². The Bertz CT molecular complexity index is 303. The third-order valence-corrected chi connectivity index (χ3v) is 2.01. The van der Waals surface area contributed by atoms with Crippen LogP contribution >= 0.6 is 0 Å². The fourth-order valence-electron chi connectivity index (χ4n) is 1.02. The molecule has 0 aromatic heterocycles. The molecule has 76 valence electrons. The fraction of sp³-hybridized carbons (Fsp3) is 0.300. The van der Waals surface area contributed by atoms with Gasteiger partial charge >= 0.3 is 0 Å². The Morgan fingerprint density at radius 3 is 2.36 bits per heavy atom. The van der Waals surface area contributed by atoms with Crippen molar-refractivity contribution in [3.8, 4) is 0 Å². The summed E-state index contributed by atoms with van der Waals surface area (Å²) in [7, 11) is 1.29. The first-order valence-electron chi connectivity index (χ1n) is 4.11. The molecule has 1 unspecified atom stereocenters. The molecule has 0 spiro atoms. The molecule has 0 aliphatic carbocycles. The second-order valence-electron chi connectivity index (χ2n) is 2.94. The molecule has 0 amide bonds. The van der Waals surface area contributed by atoms with E-state index in [0.29, 0.717) is 5.56 Å². The number of methoxy groups -OCH3 is 1. The molecule has 1 aromatic carbocycles. The molecule has 0 saturated heterocycles. The lowest BCUT2D eigenvalue weighted by Gasteiger charge is -2.22. The Hall–Kier alpha value is -1.23. The highest BCUT2D eigenvalue weighted by atomic mass is 17.1. The van der Waals surface area contributed by atoms with Crippen molar-refractivity contribution in [2.75, 3.05) is 7.11 Å². The number of carbonyl (C=O) groups excluding carboxylic acids is 1. The summed E-state index contributed by atoms with van der Waals surface area (Å²) in [6, 6.07) is 8.49. The van der Waals surface area contributed by atoms with Gasteiger partial charge in [-0.1, -0.05) is 30.3 Å². The summed E-state index contributed by atoms with van der Waals surface area (Å²) in [5.41, 5.74) is 0.422. The van der Waals surface area contributed by atoms with Gasteiger partial charge in [0, 0.05) is 19.6 Å². The Balaban J connectivity index is 2.95. The highest BCUT2D eigenvalue weighted by Crippen LogP contribution is 2.17. The lowest BCUT2D eigenvalue weighted by atomic mass is 10.1. The number of rotatable bonds is 4. The highest BCUT2D eigenvalue weighted by molar-refractivity contribution is 6.01. The van der Waals surface area contributed by atoms with Gasteiger partial charge in [-0.25, -0.2) is 5.26 Å². The summed E-state index contributed by atoms with van der Waals surface area (Å²) >= 11 is 0. The van der Waals surface area contributed by atoms with Crippen molar-refractivity contribution in [1.82, 2.24) is 0 Å². The number of ether oxygens (including phenoxy) is 1. The lowest BCUT2D eigenvalue weighted by Crippen LogP contribution is -2.39. The lowest BCUT2D eigenvalue weighted by molar-refractivity contribution is -0.367. The SMILES string of the molecule is COC(C)(OO)C(=O)c1ccccc1. The van der Waals surface area contributed by atoms with Gasteiger partial charge in [0.1, 0.15) is 0 Å².